The maximum atomic E-state index is 5.71. The first-order valence-corrected chi connectivity index (χ1v) is 7.11. The van der Waals surface area contributed by atoms with Crippen LogP contribution in [0.25, 0.3) is 0 Å². The van der Waals surface area contributed by atoms with Crippen molar-refractivity contribution in [2.24, 2.45) is 11.7 Å². The van der Waals surface area contributed by atoms with Crippen molar-refractivity contribution in [2.75, 3.05) is 37.6 Å². The van der Waals surface area contributed by atoms with Crippen LogP contribution in [0, 0.1) is 5.92 Å². The molecule has 3 heteroatoms. The summed E-state index contributed by atoms with van der Waals surface area (Å²) in [6.07, 6.45) is 2.91. The molecule has 98 valence electrons. The molecule has 1 saturated heterocycles. The monoisotopic (exact) mass is 245 g/mol. The van der Waals surface area contributed by atoms with E-state index in [0.29, 0.717) is 6.54 Å². The number of piperazine rings is 1. The molecule has 0 atom stereocenters. The topological polar surface area (TPSA) is 32.5 Å². The molecule has 2 N–H and O–H groups in total. The third-order valence-electron chi connectivity index (χ3n) is 4.10. The number of nitrogens with two attached hydrogens (primary N) is 1. The zero-order valence-electron chi connectivity index (χ0n) is 11.0. The lowest BCUT2D eigenvalue weighted by Crippen LogP contribution is -2.47. The van der Waals surface area contributed by atoms with Gasteiger partial charge in [0, 0.05) is 45.0 Å². The number of anilines is 1. The summed E-state index contributed by atoms with van der Waals surface area (Å²) in [6, 6.07) is 8.66. The Morgan fingerprint density at radius 3 is 2.56 bits per heavy atom. The van der Waals surface area contributed by atoms with Gasteiger partial charge in [-0.05, 0) is 36.5 Å². The fourth-order valence-electron chi connectivity index (χ4n) is 2.73. The zero-order chi connectivity index (χ0) is 12.4. The molecule has 3 rings (SSSR count). The van der Waals surface area contributed by atoms with Crippen LogP contribution in [-0.2, 0) is 6.54 Å². The fraction of sp³-hybridized carbons (Fsp3) is 0.600. The van der Waals surface area contributed by atoms with Crippen molar-refractivity contribution in [2.45, 2.75) is 19.4 Å². The smallest absolute Gasteiger partial charge is 0.0370 e. The molecule has 1 heterocycles. The number of nitrogens with zero attached hydrogens (tertiary/aromatic N) is 2. The highest BCUT2D eigenvalue weighted by Crippen LogP contribution is 2.30. The van der Waals surface area contributed by atoms with Gasteiger partial charge in [-0.15, -0.1) is 0 Å². The molecule has 2 fully saturated rings. The Labute approximate surface area is 110 Å². The first-order valence-electron chi connectivity index (χ1n) is 7.11. The summed E-state index contributed by atoms with van der Waals surface area (Å²) >= 11 is 0. The van der Waals surface area contributed by atoms with Crippen molar-refractivity contribution in [3.8, 4) is 0 Å². The van der Waals surface area contributed by atoms with E-state index in [2.05, 4.69) is 34.1 Å². The minimum Gasteiger partial charge on any atom is -0.369 e. The van der Waals surface area contributed by atoms with Crippen LogP contribution < -0.4 is 10.6 Å². The molecule has 2 aliphatic rings. The Morgan fingerprint density at radius 2 is 1.89 bits per heavy atom. The van der Waals surface area contributed by atoms with Crippen LogP contribution in [0.1, 0.15) is 18.4 Å². The van der Waals surface area contributed by atoms with Gasteiger partial charge in [0.25, 0.3) is 0 Å². The fourth-order valence-corrected chi connectivity index (χ4v) is 2.73. The molecule has 0 unspecified atom stereocenters. The molecule has 1 aromatic rings. The molecule has 1 saturated carbocycles. The zero-order valence-corrected chi connectivity index (χ0v) is 11.0. The van der Waals surface area contributed by atoms with Gasteiger partial charge in [0.2, 0.25) is 0 Å². The summed E-state index contributed by atoms with van der Waals surface area (Å²) in [5, 5.41) is 0. The van der Waals surface area contributed by atoms with Crippen molar-refractivity contribution in [1.82, 2.24) is 4.90 Å². The molecule has 1 aliphatic heterocycles. The average Bonchev–Trinajstić information content (AvgIpc) is 3.24. The second-order valence-electron chi connectivity index (χ2n) is 5.61. The van der Waals surface area contributed by atoms with Gasteiger partial charge in [-0.3, -0.25) is 4.90 Å². The van der Waals surface area contributed by atoms with Crippen molar-refractivity contribution in [3.05, 3.63) is 29.8 Å². The van der Waals surface area contributed by atoms with Crippen LogP contribution >= 0.6 is 0 Å². The molecule has 3 nitrogen and oxygen atoms in total. The van der Waals surface area contributed by atoms with Crippen LogP contribution in [0.4, 0.5) is 5.69 Å². The molecule has 0 radical (unpaired) electrons. The first-order chi connectivity index (χ1) is 8.85. The largest absolute Gasteiger partial charge is 0.369 e. The van der Waals surface area contributed by atoms with E-state index >= 15 is 0 Å². The molecule has 18 heavy (non-hydrogen) atoms. The Morgan fingerprint density at radius 1 is 1.11 bits per heavy atom. The van der Waals surface area contributed by atoms with Crippen LogP contribution in [0.2, 0.25) is 0 Å². The SMILES string of the molecule is NCc1cccc(N2CCN(CC3CC3)CC2)c1. The van der Waals surface area contributed by atoms with E-state index in [1.54, 1.807) is 0 Å². The van der Waals surface area contributed by atoms with E-state index in [-0.39, 0.29) is 0 Å². The molecule has 0 amide bonds. The van der Waals surface area contributed by atoms with Crippen molar-refractivity contribution >= 4 is 5.69 Å². The summed E-state index contributed by atoms with van der Waals surface area (Å²) in [4.78, 5) is 5.11. The molecular formula is C15H23N3. The quantitative estimate of drug-likeness (QED) is 0.876. The number of hydrogen-bond donors (Lipinski definition) is 1. The van der Waals surface area contributed by atoms with Gasteiger partial charge < -0.3 is 10.6 Å². The summed E-state index contributed by atoms with van der Waals surface area (Å²) in [5.74, 6) is 1.01. The highest BCUT2D eigenvalue weighted by molar-refractivity contribution is 5.49. The van der Waals surface area contributed by atoms with E-state index in [0.717, 1.165) is 19.0 Å². The summed E-state index contributed by atoms with van der Waals surface area (Å²) in [7, 11) is 0. The third kappa shape index (κ3) is 2.85. The van der Waals surface area contributed by atoms with Gasteiger partial charge in [-0.25, -0.2) is 0 Å². The average molecular weight is 245 g/mol. The summed E-state index contributed by atoms with van der Waals surface area (Å²) in [5.41, 5.74) is 8.27. The van der Waals surface area contributed by atoms with Crippen molar-refractivity contribution < 1.29 is 0 Å². The normalized spacial score (nSPS) is 21.3. The Kier molecular flexibility index (Phi) is 3.52. The van der Waals surface area contributed by atoms with Gasteiger partial charge in [-0.2, -0.15) is 0 Å². The van der Waals surface area contributed by atoms with E-state index in [1.807, 2.05) is 0 Å². The summed E-state index contributed by atoms with van der Waals surface area (Å²) in [6.45, 7) is 6.69. The van der Waals surface area contributed by atoms with E-state index < -0.39 is 0 Å². The minimum atomic E-state index is 0.634. The van der Waals surface area contributed by atoms with Crippen molar-refractivity contribution in [3.63, 3.8) is 0 Å². The Balaban J connectivity index is 1.57. The highest BCUT2D eigenvalue weighted by atomic mass is 15.3. The van der Waals surface area contributed by atoms with Crippen LogP contribution in [-0.4, -0.2) is 37.6 Å². The Hall–Kier alpha value is -1.06. The highest BCUT2D eigenvalue weighted by Gasteiger charge is 2.26. The number of hydrogen-bond acceptors (Lipinski definition) is 3. The van der Waals surface area contributed by atoms with Crippen LogP contribution in [0.15, 0.2) is 24.3 Å². The maximum Gasteiger partial charge on any atom is 0.0370 e. The summed E-state index contributed by atoms with van der Waals surface area (Å²) < 4.78 is 0. The van der Waals surface area contributed by atoms with Crippen molar-refractivity contribution in [1.29, 1.82) is 0 Å². The van der Waals surface area contributed by atoms with Crippen LogP contribution in [0.5, 0.6) is 0 Å². The molecular weight excluding hydrogens is 222 g/mol. The lowest BCUT2D eigenvalue weighted by molar-refractivity contribution is 0.248. The van der Waals surface area contributed by atoms with Gasteiger partial charge in [0.1, 0.15) is 0 Å². The lowest BCUT2D eigenvalue weighted by atomic mass is 10.1. The van der Waals surface area contributed by atoms with Gasteiger partial charge in [0.05, 0.1) is 0 Å². The third-order valence-corrected chi connectivity index (χ3v) is 4.10. The standard InChI is InChI=1S/C15H23N3/c16-11-14-2-1-3-15(10-14)18-8-6-17(7-9-18)12-13-4-5-13/h1-3,10,13H,4-9,11-12,16H2. The van der Waals surface area contributed by atoms with Gasteiger partial charge in [0.15, 0.2) is 0 Å². The molecule has 0 bridgehead atoms. The lowest BCUT2D eigenvalue weighted by Gasteiger charge is -2.36. The van der Waals surface area contributed by atoms with Crippen LogP contribution in [0.3, 0.4) is 0 Å². The van der Waals surface area contributed by atoms with E-state index in [9.17, 15) is 0 Å². The predicted octanol–water partition coefficient (Wildman–Crippen LogP) is 1.68. The molecule has 1 aromatic carbocycles. The second kappa shape index (κ2) is 5.29. The minimum absolute atomic E-state index is 0.634. The van der Waals surface area contributed by atoms with E-state index in [4.69, 9.17) is 5.73 Å². The first kappa shape index (κ1) is 12.0. The Bertz CT molecular complexity index is 392. The van der Waals surface area contributed by atoms with Gasteiger partial charge >= 0.3 is 0 Å². The molecule has 1 aliphatic carbocycles. The number of rotatable bonds is 4. The second-order valence-corrected chi connectivity index (χ2v) is 5.61. The van der Waals surface area contributed by atoms with Gasteiger partial charge in [-0.1, -0.05) is 12.1 Å². The van der Waals surface area contributed by atoms with E-state index in [1.165, 1.54) is 43.7 Å². The maximum absolute atomic E-state index is 5.71. The molecule has 0 aromatic heterocycles. The molecule has 0 spiro atoms. The number of benzene rings is 1. The predicted molar refractivity (Wildman–Crippen MR) is 75.7 cm³/mol.